The van der Waals surface area contributed by atoms with Gasteiger partial charge in [-0.3, -0.25) is 9.89 Å². The molecule has 0 radical (unpaired) electrons. The second-order valence-corrected chi connectivity index (χ2v) is 7.85. The smallest absolute Gasteiger partial charge is 0.193 e. The number of hydrogen-bond acceptors (Lipinski definition) is 5. The number of aromatic nitrogens is 1. The summed E-state index contributed by atoms with van der Waals surface area (Å²) in [6, 6.07) is 2.74. The largest absolute Gasteiger partial charge is 0.364 e. The highest BCUT2D eigenvalue weighted by Gasteiger charge is 2.20. The molecule has 0 bridgehead atoms. The number of nitrogens with one attached hydrogen (secondary N) is 1. The van der Waals surface area contributed by atoms with E-state index < -0.39 is 0 Å². The summed E-state index contributed by atoms with van der Waals surface area (Å²) in [7, 11) is 4.18. The lowest BCUT2D eigenvalue weighted by molar-refractivity contribution is 0.168. The van der Waals surface area contributed by atoms with Gasteiger partial charge in [0.25, 0.3) is 0 Å². The average Bonchev–Trinajstić information content (AvgIpc) is 3.22. The van der Waals surface area contributed by atoms with E-state index in [1.165, 1.54) is 38.6 Å². The summed E-state index contributed by atoms with van der Waals surface area (Å²) < 4.78 is 4.92. The van der Waals surface area contributed by atoms with Gasteiger partial charge in [-0.25, -0.2) is 0 Å². The molecule has 1 aromatic heterocycles. The van der Waals surface area contributed by atoms with Crippen LogP contribution < -0.4 is 5.32 Å². The highest BCUT2D eigenvalue weighted by atomic mass is 16.5. The number of aliphatic imine (C=N–C) groups is 1. The fraction of sp³-hybridized carbons (Fsp3) is 0.800. The van der Waals surface area contributed by atoms with Gasteiger partial charge >= 0.3 is 0 Å². The molecule has 1 saturated heterocycles. The van der Waals surface area contributed by atoms with Crippen LogP contribution in [0.3, 0.4) is 0 Å². The Labute approximate surface area is 163 Å². The van der Waals surface area contributed by atoms with E-state index in [1.807, 2.05) is 13.1 Å². The van der Waals surface area contributed by atoms with Crippen molar-refractivity contribution in [3.05, 3.63) is 18.0 Å². The number of guanidine groups is 1. The molecule has 0 atom stereocenters. The zero-order chi connectivity index (χ0) is 18.9. The molecule has 7 heteroatoms. The molecule has 0 unspecified atom stereocenters. The van der Waals surface area contributed by atoms with Gasteiger partial charge in [0.15, 0.2) is 5.96 Å². The maximum atomic E-state index is 4.92. The normalized spacial score (nSPS) is 20.4. The van der Waals surface area contributed by atoms with Crippen molar-refractivity contribution in [1.29, 1.82) is 0 Å². The first-order chi connectivity index (χ1) is 13.3. The van der Waals surface area contributed by atoms with Gasteiger partial charge in [-0.2, -0.15) is 0 Å². The van der Waals surface area contributed by atoms with Crippen LogP contribution in [0.5, 0.6) is 0 Å². The summed E-state index contributed by atoms with van der Waals surface area (Å²) in [5.41, 5.74) is 1.01. The Morgan fingerprint density at radius 3 is 2.70 bits per heavy atom. The van der Waals surface area contributed by atoms with Crippen molar-refractivity contribution in [2.24, 2.45) is 4.99 Å². The maximum Gasteiger partial charge on any atom is 0.193 e. The van der Waals surface area contributed by atoms with Crippen molar-refractivity contribution >= 4 is 5.96 Å². The molecule has 0 amide bonds. The lowest BCUT2D eigenvalue weighted by Crippen LogP contribution is -2.52. The van der Waals surface area contributed by atoms with Crippen molar-refractivity contribution in [1.82, 2.24) is 25.2 Å². The van der Waals surface area contributed by atoms with Crippen molar-refractivity contribution in [3.8, 4) is 0 Å². The summed E-state index contributed by atoms with van der Waals surface area (Å²) in [6.45, 7) is 7.07. The molecule has 0 spiro atoms. The van der Waals surface area contributed by atoms with E-state index in [1.54, 1.807) is 6.26 Å². The van der Waals surface area contributed by atoms with Gasteiger partial charge in [0.1, 0.15) is 6.26 Å². The predicted octanol–water partition coefficient (Wildman–Crippen LogP) is 2.02. The highest BCUT2D eigenvalue weighted by molar-refractivity contribution is 5.79. The first-order valence-electron chi connectivity index (χ1n) is 10.5. The molecule has 1 saturated carbocycles. The quantitative estimate of drug-likeness (QED) is 0.446. The van der Waals surface area contributed by atoms with Gasteiger partial charge < -0.3 is 19.6 Å². The summed E-state index contributed by atoms with van der Waals surface area (Å²) in [6.07, 6.45) is 9.80. The topological polar surface area (TPSA) is 60.1 Å². The van der Waals surface area contributed by atoms with Crippen LogP contribution in [0.15, 0.2) is 21.8 Å². The van der Waals surface area contributed by atoms with E-state index in [2.05, 4.69) is 37.2 Å². The molecule has 2 fully saturated rings. The Morgan fingerprint density at radius 2 is 2.04 bits per heavy atom. The van der Waals surface area contributed by atoms with Crippen LogP contribution in [0.1, 0.15) is 44.2 Å². The molecule has 1 aliphatic carbocycles. The Hall–Kier alpha value is -1.60. The molecule has 27 heavy (non-hydrogen) atoms. The second-order valence-electron chi connectivity index (χ2n) is 7.85. The summed E-state index contributed by atoms with van der Waals surface area (Å²) in [5, 5.41) is 7.57. The van der Waals surface area contributed by atoms with E-state index in [9.17, 15) is 0 Å². The molecular weight excluding hydrogens is 340 g/mol. The second kappa shape index (κ2) is 10.7. The van der Waals surface area contributed by atoms with Gasteiger partial charge in [-0.1, -0.05) is 24.4 Å². The highest BCUT2D eigenvalue weighted by Crippen LogP contribution is 2.21. The zero-order valence-electron chi connectivity index (χ0n) is 17.1. The maximum absolute atomic E-state index is 4.92. The van der Waals surface area contributed by atoms with Gasteiger partial charge in [0.2, 0.25) is 0 Å². The molecule has 1 N–H and O–H groups in total. The number of hydrogen-bond donors (Lipinski definition) is 1. The molecule has 1 aliphatic heterocycles. The average molecular weight is 377 g/mol. The molecule has 7 nitrogen and oxygen atoms in total. The standard InChI is InChI=1S/C20H36N6O/c1-21-20(22-10-6-11-24(2)19-7-4-3-5-8-19)26-14-12-25(13-15-26)17-18-9-16-27-23-18/h9,16,19H,3-8,10-15,17H2,1-2H3,(H,21,22). The van der Waals surface area contributed by atoms with Crippen LogP contribution in [0.25, 0.3) is 0 Å². The van der Waals surface area contributed by atoms with Crippen LogP contribution in [-0.4, -0.2) is 85.2 Å². The predicted molar refractivity (Wildman–Crippen MR) is 109 cm³/mol. The Bertz CT molecular complexity index is 547. The molecular formula is C20H36N6O. The minimum atomic E-state index is 0.802. The van der Waals surface area contributed by atoms with Crippen LogP contribution in [0.4, 0.5) is 0 Å². The fourth-order valence-electron chi connectivity index (χ4n) is 4.23. The van der Waals surface area contributed by atoms with Gasteiger partial charge in [0, 0.05) is 58.4 Å². The van der Waals surface area contributed by atoms with Crippen LogP contribution >= 0.6 is 0 Å². The first-order valence-corrected chi connectivity index (χ1v) is 10.5. The Balaban J connectivity index is 1.32. The van der Waals surface area contributed by atoms with Crippen molar-refractivity contribution in [2.45, 2.75) is 51.1 Å². The third-order valence-electron chi connectivity index (χ3n) is 5.93. The third kappa shape index (κ3) is 6.21. The van der Waals surface area contributed by atoms with E-state index in [-0.39, 0.29) is 0 Å². The van der Waals surface area contributed by atoms with Crippen LogP contribution in [0.2, 0.25) is 0 Å². The SMILES string of the molecule is CN=C(NCCCN(C)C1CCCCC1)N1CCN(Cc2ccon2)CC1. The van der Waals surface area contributed by atoms with Gasteiger partial charge in [0.05, 0.1) is 5.69 Å². The Kier molecular flexibility index (Phi) is 7.95. The Morgan fingerprint density at radius 1 is 1.26 bits per heavy atom. The summed E-state index contributed by atoms with van der Waals surface area (Å²) >= 11 is 0. The lowest BCUT2D eigenvalue weighted by atomic mass is 9.94. The number of nitrogens with zero attached hydrogens (tertiary/aromatic N) is 5. The summed E-state index contributed by atoms with van der Waals surface area (Å²) in [5.74, 6) is 1.04. The van der Waals surface area contributed by atoms with Crippen molar-refractivity contribution in [2.75, 3.05) is 53.4 Å². The van der Waals surface area contributed by atoms with E-state index in [4.69, 9.17) is 4.52 Å². The lowest BCUT2D eigenvalue weighted by Gasteiger charge is -2.36. The van der Waals surface area contributed by atoms with E-state index in [0.29, 0.717) is 0 Å². The third-order valence-corrected chi connectivity index (χ3v) is 5.93. The molecule has 0 aromatic carbocycles. The molecule has 1 aromatic rings. The minimum absolute atomic E-state index is 0.802. The molecule has 2 aliphatic rings. The van der Waals surface area contributed by atoms with Crippen molar-refractivity contribution < 1.29 is 4.52 Å². The van der Waals surface area contributed by atoms with Crippen LogP contribution in [-0.2, 0) is 6.54 Å². The van der Waals surface area contributed by atoms with E-state index >= 15 is 0 Å². The molecule has 2 heterocycles. The number of piperazine rings is 1. The molecule has 3 rings (SSSR count). The molecule has 152 valence electrons. The fourth-order valence-corrected chi connectivity index (χ4v) is 4.23. The monoisotopic (exact) mass is 376 g/mol. The van der Waals surface area contributed by atoms with E-state index in [0.717, 1.165) is 63.4 Å². The van der Waals surface area contributed by atoms with Gasteiger partial charge in [-0.15, -0.1) is 0 Å². The first kappa shape index (κ1) is 20.1. The van der Waals surface area contributed by atoms with Crippen molar-refractivity contribution in [3.63, 3.8) is 0 Å². The van der Waals surface area contributed by atoms with Crippen LogP contribution in [0, 0.1) is 0 Å². The minimum Gasteiger partial charge on any atom is -0.364 e. The number of rotatable bonds is 7. The summed E-state index contributed by atoms with van der Waals surface area (Å²) in [4.78, 5) is 11.8. The zero-order valence-corrected chi connectivity index (χ0v) is 17.1. The van der Waals surface area contributed by atoms with Gasteiger partial charge in [-0.05, 0) is 32.9 Å².